The number of rotatable bonds is 8. The SMILES string of the molecule is CCC(NC(=O)CCC(=O)c1ccc2c(c1)OCCO2)c1ccc(OC)cc1. The molecule has 1 heterocycles. The topological polar surface area (TPSA) is 73.9 Å². The molecule has 28 heavy (non-hydrogen) atoms. The van der Waals surface area contributed by atoms with Gasteiger partial charge >= 0.3 is 0 Å². The second-order valence-electron chi connectivity index (χ2n) is 6.58. The summed E-state index contributed by atoms with van der Waals surface area (Å²) in [5.41, 5.74) is 1.54. The van der Waals surface area contributed by atoms with E-state index in [4.69, 9.17) is 14.2 Å². The van der Waals surface area contributed by atoms with E-state index in [1.54, 1.807) is 25.3 Å². The fourth-order valence-electron chi connectivity index (χ4n) is 3.11. The lowest BCUT2D eigenvalue weighted by Gasteiger charge is -2.19. The summed E-state index contributed by atoms with van der Waals surface area (Å²) in [6.07, 6.45) is 1.04. The quantitative estimate of drug-likeness (QED) is 0.704. The van der Waals surface area contributed by atoms with Crippen LogP contribution in [-0.2, 0) is 4.79 Å². The Morgan fingerprint density at radius 2 is 1.75 bits per heavy atom. The zero-order valence-corrected chi connectivity index (χ0v) is 16.2. The van der Waals surface area contributed by atoms with E-state index in [0.29, 0.717) is 30.3 Å². The van der Waals surface area contributed by atoms with E-state index in [0.717, 1.165) is 17.7 Å². The number of nitrogens with one attached hydrogen (secondary N) is 1. The molecule has 1 aliphatic rings. The van der Waals surface area contributed by atoms with Gasteiger partial charge in [-0.05, 0) is 42.3 Å². The highest BCUT2D eigenvalue weighted by molar-refractivity contribution is 5.98. The van der Waals surface area contributed by atoms with E-state index >= 15 is 0 Å². The molecular formula is C22H25NO5. The predicted molar refractivity (Wildman–Crippen MR) is 105 cm³/mol. The van der Waals surface area contributed by atoms with Crippen molar-refractivity contribution in [2.45, 2.75) is 32.2 Å². The van der Waals surface area contributed by atoms with Crippen molar-refractivity contribution in [3.8, 4) is 17.2 Å². The van der Waals surface area contributed by atoms with Crippen molar-refractivity contribution in [2.24, 2.45) is 0 Å². The second-order valence-corrected chi connectivity index (χ2v) is 6.58. The van der Waals surface area contributed by atoms with Gasteiger partial charge in [-0.3, -0.25) is 9.59 Å². The molecule has 0 bridgehead atoms. The van der Waals surface area contributed by atoms with E-state index in [-0.39, 0.29) is 30.6 Å². The lowest BCUT2D eigenvalue weighted by molar-refractivity contribution is -0.121. The Balaban J connectivity index is 1.54. The monoisotopic (exact) mass is 383 g/mol. The third-order valence-electron chi connectivity index (χ3n) is 4.70. The maximum atomic E-state index is 12.4. The Bertz CT molecular complexity index is 831. The van der Waals surface area contributed by atoms with Gasteiger partial charge in [0.2, 0.25) is 5.91 Å². The average Bonchev–Trinajstić information content (AvgIpc) is 2.75. The van der Waals surface area contributed by atoms with Crippen molar-refractivity contribution >= 4 is 11.7 Å². The molecule has 0 aromatic heterocycles. The van der Waals surface area contributed by atoms with E-state index in [1.807, 2.05) is 31.2 Å². The maximum Gasteiger partial charge on any atom is 0.220 e. The van der Waals surface area contributed by atoms with Crippen molar-refractivity contribution in [1.82, 2.24) is 5.32 Å². The highest BCUT2D eigenvalue weighted by Crippen LogP contribution is 2.31. The molecule has 0 fully saturated rings. The van der Waals surface area contributed by atoms with E-state index < -0.39 is 0 Å². The van der Waals surface area contributed by atoms with Crippen LogP contribution < -0.4 is 19.5 Å². The Labute approximate surface area is 164 Å². The van der Waals surface area contributed by atoms with Gasteiger partial charge in [-0.15, -0.1) is 0 Å². The van der Waals surface area contributed by atoms with Crippen molar-refractivity contribution in [2.75, 3.05) is 20.3 Å². The number of methoxy groups -OCH3 is 1. The van der Waals surface area contributed by atoms with Gasteiger partial charge < -0.3 is 19.5 Å². The Morgan fingerprint density at radius 1 is 1.04 bits per heavy atom. The summed E-state index contributed by atoms with van der Waals surface area (Å²) in [6.45, 7) is 2.99. The highest BCUT2D eigenvalue weighted by Gasteiger charge is 2.17. The first-order chi connectivity index (χ1) is 13.6. The second kappa shape index (κ2) is 9.26. The van der Waals surface area contributed by atoms with Crippen LogP contribution in [0.4, 0.5) is 0 Å². The van der Waals surface area contributed by atoms with E-state index in [9.17, 15) is 9.59 Å². The standard InChI is InChI=1S/C22H25NO5/c1-3-18(15-4-7-17(26-2)8-5-15)23-22(25)11-9-19(24)16-6-10-20-21(14-16)28-13-12-27-20/h4-8,10,14,18H,3,9,11-13H2,1-2H3,(H,23,25). The fourth-order valence-corrected chi connectivity index (χ4v) is 3.11. The van der Waals surface area contributed by atoms with Crippen LogP contribution in [0.2, 0.25) is 0 Å². The molecule has 1 aliphatic heterocycles. The molecule has 0 spiro atoms. The van der Waals surface area contributed by atoms with Gasteiger partial charge in [-0.25, -0.2) is 0 Å². The van der Waals surface area contributed by atoms with Crippen LogP contribution in [0.5, 0.6) is 17.2 Å². The van der Waals surface area contributed by atoms with Gasteiger partial charge in [0, 0.05) is 18.4 Å². The minimum absolute atomic E-state index is 0.0929. The van der Waals surface area contributed by atoms with Gasteiger partial charge in [0.05, 0.1) is 13.2 Å². The Morgan fingerprint density at radius 3 is 2.43 bits per heavy atom. The first-order valence-electron chi connectivity index (χ1n) is 9.47. The van der Waals surface area contributed by atoms with Gasteiger partial charge in [0.15, 0.2) is 17.3 Å². The summed E-state index contributed by atoms with van der Waals surface area (Å²) in [7, 11) is 1.62. The molecule has 1 atom stereocenters. The number of carbonyl (C=O) groups excluding carboxylic acids is 2. The molecule has 0 saturated carbocycles. The summed E-state index contributed by atoms with van der Waals surface area (Å²) in [5, 5.41) is 3.00. The molecule has 1 unspecified atom stereocenters. The summed E-state index contributed by atoms with van der Waals surface area (Å²) >= 11 is 0. The van der Waals surface area contributed by atoms with E-state index in [1.165, 1.54) is 0 Å². The lowest BCUT2D eigenvalue weighted by atomic mass is 10.0. The van der Waals surface area contributed by atoms with Crippen LogP contribution >= 0.6 is 0 Å². The lowest BCUT2D eigenvalue weighted by Crippen LogP contribution is -2.28. The number of hydrogen-bond acceptors (Lipinski definition) is 5. The van der Waals surface area contributed by atoms with Crippen molar-refractivity contribution in [3.05, 3.63) is 53.6 Å². The number of carbonyl (C=O) groups is 2. The van der Waals surface area contributed by atoms with Crippen molar-refractivity contribution in [1.29, 1.82) is 0 Å². The molecule has 2 aromatic rings. The zero-order valence-electron chi connectivity index (χ0n) is 16.2. The first-order valence-corrected chi connectivity index (χ1v) is 9.47. The van der Waals surface area contributed by atoms with Crippen LogP contribution in [0, 0.1) is 0 Å². The number of ether oxygens (including phenoxy) is 3. The number of fused-ring (bicyclic) bond motifs is 1. The zero-order chi connectivity index (χ0) is 19.9. The number of hydrogen-bond donors (Lipinski definition) is 1. The van der Waals surface area contributed by atoms with Crippen LogP contribution in [0.3, 0.4) is 0 Å². The molecule has 3 rings (SSSR count). The van der Waals surface area contributed by atoms with Crippen molar-refractivity contribution in [3.63, 3.8) is 0 Å². The summed E-state index contributed by atoms with van der Waals surface area (Å²) < 4.78 is 16.1. The fraction of sp³-hybridized carbons (Fsp3) is 0.364. The number of Topliss-reactive ketones (excluding diaryl/α,β-unsaturated/α-hetero) is 1. The maximum absolute atomic E-state index is 12.4. The molecule has 1 amide bonds. The van der Waals surface area contributed by atoms with E-state index in [2.05, 4.69) is 5.32 Å². The largest absolute Gasteiger partial charge is 0.497 e. The number of ketones is 1. The molecule has 0 aliphatic carbocycles. The summed E-state index contributed by atoms with van der Waals surface area (Å²) in [6, 6.07) is 12.6. The number of benzene rings is 2. The highest BCUT2D eigenvalue weighted by atomic mass is 16.6. The summed E-state index contributed by atoms with van der Waals surface area (Å²) in [5.74, 6) is 1.76. The number of amides is 1. The Hall–Kier alpha value is -3.02. The first kappa shape index (κ1) is 19.7. The van der Waals surface area contributed by atoms with Gasteiger partial charge in [-0.1, -0.05) is 19.1 Å². The van der Waals surface area contributed by atoms with Crippen LogP contribution in [-0.4, -0.2) is 32.0 Å². The molecule has 0 saturated heterocycles. The molecular weight excluding hydrogens is 358 g/mol. The Kier molecular flexibility index (Phi) is 6.53. The van der Waals surface area contributed by atoms with Gasteiger partial charge in [-0.2, -0.15) is 0 Å². The normalized spacial score (nSPS) is 13.5. The average molecular weight is 383 g/mol. The van der Waals surface area contributed by atoms with Gasteiger partial charge in [0.25, 0.3) is 0 Å². The molecule has 148 valence electrons. The van der Waals surface area contributed by atoms with Crippen LogP contribution in [0.25, 0.3) is 0 Å². The minimum Gasteiger partial charge on any atom is -0.497 e. The molecule has 0 radical (unpaired) electrons. The minimum atomic E-state index is -0.145. The smallest absolute Gasteiger partial charge is 0.220 e. The molecule has 6 heteroatoms. The molecule has 2 aromatic carbocycles. The van der Waals surface area contributed by atoms with Gasteiger partial charge in [0.1, 0.15) is 19.0 Å². The third-order valence-corrected chi connectivity index (χ3v) is 4.70. The summed E-state index contributed by atoms with van der Waals surface area (Å²) in [4.78, 5) is 24.8. The molecule has 1 N–H and O–H groups in total. The van der Waals surface area contributed by atoms with Crippen LogP contribution in [0.1, 0.15) is 48.1 Å². The van der Waals surface area contributed by atoms with Crippen molar-refractivity contribution < 1.29 is 23.8 Å². The predicted octanol–water partition coefficient (Wildman–Crippen LogP) is 3.70. The third kappa shape index (κ3) is 4.82. The molecule has 6 nitrogen and oxygen atoms in total. The van der Waals surface area contributed by atoms with Crippen LogP contribution in [0.15, 0.2) is 42.5 Å².